The summed E-state index contributed by atoms with van der Waals surface area (Å²) >= 11 is 0. The van der Waals surface area contributed by atoms with Crippen molar-refractivity contribution in [2.45, 2.75) is 38.3 Å². The molecule has 0 radical (unpaired) electrons. The van der Waals surface area contributed by atoms with Crippen molar-refractivity contribution in [3.05, 3.63) is 72.3 Å². The summed E-state index contributed by atoms with van der Waals surface area (Å²) in [5.74, 6) is 0.149. The van der Waals surface area contributed by atoms with Crippen LogP contribution >= 0.6 is 0 Å². The average molecular weight is 526 g/mol. The summed E-state index contributed by atoms with van der Waals surface area (Å²) in [7, 11) is -1.000. The molecule has 0 saturated heterocycles. The van der Waals surface area contributed by atoms with Crippen molar-refractivity contribution in [3.63, 3.8) is 0 Å². The molecule has 1 atom stereocenters. The molecule has 0 heterocycles. The Hall–Kier alpha value is -3.43. The predicted molar refractivity (Wildman–Crippen MR) is 145 cm³/mol. The molecule has 0 spiro atoms. The molecule has 1 N–H and O–H groups in total. The van der Waals surface area contributed by atoms with Crippen molar-refractivity contribution >= 4 is 32.6 Å². The van der Waals surface area contributed by atoms with Crippen LogP contribution in [-0.4, -0.2) is 62.7 Å². The number of sulfonamides is 1. The summed E-state index contributed by atoms with van der Waals surface area (Å²) in [5.41, 5.74) is 0.790. The van der Waals surface area contributed by atoms with Crippen LogP contribution in [0.25, 0.3) is 10.8 Å². The molecule has 9 heteroatoms. The van der Waals surface area contributed by atoms with Crippen molar-refractivity contribution in [1.29, 1.82) is 0 Å². The van der Waals surface area contributed by atoms with Crippen LogP contribution in [-0.2, 0) is 26.2 Å². The van der Waals surface area contributed by atoms with Crippen LogP contribution in [0.5, 0.6) is 5.75 Å². The minimum Gasteiger partial charge on any atom is -0.497 e. The first kappa shape index (κ1) is 28.1. The summed E-state index contributed by atoms with van der Waals surface area (Å²) < 4.78 is 32.8. The second-order valence-corrected chi connectivity index (χ2v) is 11.5. The van der Waals surface area contributed by atoms with E-state index in [-0.39, 0.29) is 23.3 Å². The van der Waals surface area contributed by atoms with E-state index in [0.29, 0.717) is 12.3 Å². The average Bonchev–Trinajstić information content (AvgIpc) is 2.89. The molecule has 3 aromatic carbocycles. The molecule has 0 saturated carbocycles. The number of likely N-dealkylation sites (N-methyl/N-ethyl adjacent to an activating group) is 1. The van der Waals surface area contributed by atoms with E-state index in [4.69, 9.17) is 4.74 Å². The normalized spacial score (nSPS) is 12.5. The van der Waals surface area contributed by atoms with E-state index in [1.807, 2.05) is 50.2 Å². The highest BCUT2D eigenvalue weighted by molar-refractivity contribution is 7.89. The fourth-order valence-electron chi connectivity index (χ4n) is 3.84. The summed E-state index contributed by atoms with van der Waals surface area (Å²) in [6.45, 7) is 5.82. The Morgan fingerprint density at radius 1 is 0.946 bits per heavy atom. The number of amides is 2. The van der Waals surface area contributed by atoms with Gasteiger partial charge in [0.05, 0.1) is 18.6 Å². The van der Waals surface area contributed by atoms with E-state index >= 15 is 0 Å². The third-order valence-electron chi connectivity index (χ3n) is 6.15. The minimum atomic E-state index is -3.94. The number of hydrogen-bond acceptors (Lipinski definition) is 5. The Labute approximate surface area is 219 Å². The van der Waals surface area contributed by atoms with Crippen molar-refractivity contribution in [2.75, 3.05) is 27.2 Å². The lowest BCUT2D eigenvalue weighted by Crippen LogP contribution is -2.51. The van der Waals surface area contributed by atoms with Gasteiger partial charge < -0.3 is 15.0 Å². The van der Waals surface area contributed by atoms with Gasteiger partial charge in [0.25, 0.3) is 0 Å². The molecule has 0 bridgehead atoms. The van der Waals surface area contributed by atoms with Gasteiger partial charge in [0, 0.05) is 20.1 Å². The van der Waals surface area contributed by atoms with Crippen LogP contribution in [0.1, 0.15) is 26.3 Å². The van der Waals surface area contributed by atoms with Gasteiger partial charge in [0.1, 0.15) is 11.8 Å². The van der Waals surface area contributed by atoms with Crippen LogP contribution in [0, 0.1) is 5.92 Å². The van der Waals surface area contributed by atoms with Gasteiger partial charge >= 0.3 is 0 Å². The predicted octanol–water partition coefficient (Wildman–Crippen LogP) is 3.66. The Kier molecular flexibility index (Phi) is 9.29. The number of rotatable bonds is 11. The van der Waals surface area contributed by atoms with Gasteiger partial charge in [-0.1, -0.05) is 56.3 Å². The van der Waals surface area contributed by atoms with Crippen molar-refractivity contribution < 1.29 is 22.7 Å². The first-order valence-electron chi connectivity index (χ1n) is 12.2. The highest BCUT2D eigenvalue weighted by atomic mass is 32.2. The topological polar surface area (TPSA) is 96.0 Å². The first-order valence-corrected chi connectivity index (χ1v) is 13.6. The molecular formula is C28H35N3O5S. The lowest BCUT2D eigenvalue weighted by molar-refractivity contribution is -0.140. The fourth-order valence-corrected chi connectivity index (χ4v) is 4.99. The zero-order valence-electron chi connectivity index (χ0n) is 22.0. The van der Waals surface area contributed by atoms with Crippen LogP contribution in [0.15, 0.2) is 71.6 Å². The standard InChI is InChI=1S/C28H35N3O5S/c1-20(2)17-29-28(33)21(3)31(18-22-10-13-25(36-5)14-11-22)27(32)19-30(4)37(34,35)26-15-12-23-8-6-7-9-24(23)16-26/h6-16,20-21H,17-19H2,1-5H3,(H,29,33)/t21-/m0/s1. The van der Waals surface area contributed by atoms with Gasteiger partial charge in [-0.25, -0.2) is 8.42 Å². The Balaban J connectivity index is 1.83. The van der Waals surface area contributed by atoms with Crippen LogP contribution in [0.2, 0.25) is 0 Å². The molecule has 8 nitrogen and oxygen atoms in total. The van der Waals surface area contributed by atoms with Crippen molar-refractivity contribution in [1.82, 2.24) is 14.5 Å². The molecule has 0 aliphatic heterocycles. The molecule has 0 unspecified atom stereocenters. The molecule has 37 heavy (non-hydrogen) atoms. The molecule has 3 rings (SSSR count). The second-order valence-electron chi connectivity index (χ2n) is 9.45. The number of carbonyl (C=O) groups excluding carboxylic acids is 2. The first-order chi connectivity index (χ1) is 17.5. The Morgan fingerprint density at radius 2 is 1.59 bits per heavy atom. The van der Waals surface area contributed by atoms with Gasteiger partial charge in [-0.05, 0) is 53.4 Å². The largest absolute Gasteiger partial charge is 0.497 e. The highest BCUT2D eigenvalue weighted by Crippen LogP contribution is 2.22. The maximum atomic E-state index is 13.5. The Morgan fingerprint density at radius 3 is 2.22 bits per heavy atom. The van der Waals surface area contributed by atoms with E-state index < -0.39 is 28.5 Å². The molecule has 0 aliphatic carbocycles. The molecular weight excluding hydrogens is 490 g/mol. The summed E-state index contributed by atoms with van der Waals surface area (Å²) in [5, 5.41) is 4.58. The third kappa shape index (κ3) is 7.08. The van der Waals surface area contributed by atoms with Gasteiger partial charge in [0.15, 0.2) is 0 Å². The molecule has 2 amide bonds. The number of benzene rings is 3. The van der Waals surface area contributed by atoms with E-state index in [2.05, 4.69) is 5.32 Å². The van der Waals surface area contributed by atoms with Gasteiger partial charge in [-0.2, -0.15) is 4.31 Å². The van der Waals surface area contributed by atoms with Gasteiger partial charge in [0.2, 0.25) is 21.8 Å². The fraction of sp³-hybridized carbons (Fsp3) is 0.357. The van der Waals surface area contributed by atoms with Crippen molar-refractivity contribution in [3.8, 4) is 5.75 Å². The number of ether oxygens (including phenoxy) is 1. The summed E-state index contributed by atoms with van der Waals surface area (Å²) in [6.07, 6.45) is 0. The number of fused-ring (bicyclic) bond motifs is 1. The van der Waals surface area contributed by atoms with E-state index in [0.717, 1.165) is 20.6 Å². The highest BCUT2D eigenvalue weighted by Gasteiger charge is 2.30. The second kappa shape index (κ2) is 12.2. The van der Waals surface area contributed by atoms with E-state index in [1.165, 1.54) is 18.0 Å². The van der Waals surface area contributed by atoms with E-state index in [9.17, 15) is 18.0 Å². The molecule has 198 valence electrons. The Bertz CT molecular complexity index is 1340. The number of nitrogens with zero attached hydrogens (tertiary/aromatic N) is 2. The monoisotopic (exact) mass is 525 g/mol. The zero-order valence-corrected chi connectivity index (χ0v) is 22.8. The number of carbonyl (C=O) groups is 2. The lowest BCUT2D eigenvalue weighted by atomic mass is 10.1. The summed E-state index contributed by atoms with van der Waals surface area (Å²) in [4.78, 5) is 27.8. The van der Waals surface area contributed by atoms with Crippen molar-refractivity contribution in [2.24, 2.45) is 5.92 Å². The third-order valence-corrected chi connectivity index (χ3v) is 7.95. The van der Waals surface area contributed by atoms with Crippen LogP contribution in [0.3, 0.4) is 0 Å². The van der Waals surface area contributed by atoms with E-state index in [1.54, 1.807) is 38.3 Å². The smallest absolute Gasteiger partial charge is 0.243 e. The zero-order chi connectivity index (χ0) is 27.2. The quantitative estimate of drug-likeness (QED) is 0.412. The number of nitrogens with one attached hydrogen (secondary N) is 1. The van der Waals surface area contributed by atoms with Crippen LogP contribution < -0.4 is 10.1 Å². The van der Waals surface area contributed by atoms with Gasteiger partial charge in [-0.3, -0.25) is 9.59 Å². The number of methoxy groups -OCH3 is 1. The molecule has 0 aliphatic rings. The number of hydrogen-bond donors (Lipinski definition) is 1. The molecule has 3 aromatic rings. The van der Waals surface area contributed by atoms with Crippen LogP contribution in [0.4, 0.5) is 0 Å². The maximum absolute atomic E-state index is 13.5. The molecule has 0 aromatic heterocycles. The summed E-state index contributed by atoms with van der Waals surface area (Å²) in [6, 6.07) is 18.7. The minimum absolute atomic E-state index is 0.103. The lowest BCUT2D eigenvalue weighted by Gasteiger charge is -2.30. The van der Waals surface area contributed by atoms with Gasteiger partial charge in [-0.15, -0.1) is 0 Å². The maximum Gasteiger partial charge on any atom is 0.243 e. The molecule has 0 fully saturated rings. The SMILES string of the molecule is COc1ccc(CN(C(=O)CN(C)S(=O)(=O)c2ccc3ccccc3c2)[C@@H](C)C(=O)NCC(C)C)cc1.